The van der Waals surface area contributed by atoms with E-state index in [1.165, 1.54) is 4.88 Å². The highest BCUT2D eigenvalue weighted by molar-refractivity contribution is 7.98. The van der Waals surface area contributed by atoms with Crippen LogP contribution in [0.2, 0.25) is 5.02 Å². The predicted octanol–water partition coefficient (Wildman–Crippen LogP) is 5.02. The minimum Gasteiger partial charge on any atom is -0.383 e. The van der Waals surface area contributed by atoms with Crippen LogP contribution in [0, 0.1) is 13.8 Å². The Hall–Kier alpha value is -2.36. The van der Waals surface area contributed by atoms with E-state index < -0.39 is 0 Å². The van der Waals surface area contributed by atoms with Crippen LogP contribution in [-0.2, 0) is 5.75 Å². The Morgan fingerprint density at radius 2 is 1.97 bits per heavy atom. The molecule has 2 N–H and O–H groups in total. The van der Waals surface area contributed by atoms with Gasteiger partial charge in [0.2, 0.25) is 5.95 Å². The summed E-state index contributed by atoms with van der Waals surface area (Å²) in [7, 11) is 0. The standard InChI is InChI=1S/C21H22ClN7S2/c1-12-13(2)31-19-17(12)18(23)24-16(25-19)11-30-21-27-26-20(28-8-3-4-9-28)29(21)15-7-5-6-14(22)10-15/h5-7,10H,3-4,8-9,11H2,1-2H3,(H2,23,24,25). The summed E-state index contributed by atoms with van der Waals surface area (Å²) in [6, 6.07) is 7.77. The van der Waals surface area contributed by atoms with Gasteiger partial charge >= 0.3 is 0 Å². The maximum Gasteiger partial charge on any atom is 0.232 e. The van der Waals surface area contributed by atoms with Gasteiger partial charge in [-0.3, -0.25) is 4.57 Å². The molecule has 7 nitrogen and oxygen atoms in total. The first-order valence-corrected chi connectivity index (χ1v) is 12.3. The van der Waals surface area contributed by atoms with E-state index in [9.17, 15) is 0 Å². The quantitative estimate of drug-likeness (QED) is 0.409. The lowest BCUT2D eigenvalue weighted by atomic mass is 10.2. The third kappa shape index (κ3) is 3.86. The number of hydrogen-bond donors (Lipinski definition) is 1. The number of anilines is 2. The summed E-state index contributed by atoms with van der Waals surface area (Å²) < 4.78 is 2.07. The summed E-state index contributed by atoms with van der Waals surface area (Å²) >= 11 is 9.49. The highest BCUT2D eigenvalue weighted by Gasteiger charge is 2.23. The third-order valence-corrected chi connectivity index (χ3v) is 7.77. The number of hydrogen-bond acceptors (Lipinski definition) is 8. The number of nitrogens with zero attached hydrogens (tertiary/aromatic N) is 6. The van der Waals surface area contributed by atoms with Gasteiger partial charge in [0.15, 0.2) is 5.16 Å². The normalized spacial score (nSPS) is 14.1. The summed E-state index contributed by atoms with van der Waals surface area (Å²) in [5, 5.41) is 11.4. The molecule has 0 radical (unpaired) electrons. The number of benzene rings is 1. The fourth-order valence-corrected chi connectivity index (χ4v) is 5.88. The van der Waals surface area contributed by atoms with Crippen LogP contribution in [0.1, 0.15) is 29.1 Å². The molecular weight excluding hydrogens is 450 g/mol. The van der Waals surface area contributed by atoms with Crippen molar-refractivity contribution in [1.29, 1.82) is 0 Å². The number of thiophene rings is 1. The molecule has 1 fully saturated rings. The van der Waals surface area contributed by atoms with E-state index in [-0.39, 0.29) is 0 Å². The van der Waals surface area contributed by atoms with E-state index in [1.807, 2.05) is 24.3 Å². The SMILES string of the molecule is Cc1sc2nc(CSc3nnc(N4CCCC4)n3-c3cccc(Cl)c3)nc(N)c2c1C. The van der Waals surface area contributed by atoms with Gasteiger partial charge in [0, 0.05) is 23.0 Å². The van der Waals surface area contributed by atoms with Crippen molar-refractivity contribution >= 4 is 56.7 Å². The minimum atomic E-state index is 0.538. The molecule has 1 aliphatic rings. The van der Waals surface area contributed by atoms with E-state index >= 15 is 0 Å². The van der Waals surface area contributed by atoms with E-state index in [4.69, 9.17) is 22.3 Å². The van der Waals surface area contributed by atoms with Crippen molar-refractivity contribution < 1.29 is 0 Å². The van der Waals surface area contributed by atoms with Crippen molar-refractivity contribution in [3.8, 4) is 5.69 Å². The lowest BCUT2D eigenvalue weighted by molar-refractivity contribution is 0.840. The first-order chi connectivity index (χ1) is 15.0. The van der Waals surface area contributed by atoms with Gasteiger partial charge in [0.1, 0.15) is 16.5 Å². The zero-order valence-electron chi connectivity index (χ0n) is 17.3. The van der Waals surface area contributed by atoms with Crippen molar-refractivity contribution in [1.82, 2.24) is 24.7 Å². The topological polar surface area (TPSA) is 85.8 Å². The summed E-state index contributed by atoms with van der Waals surface area (Å²) in [6.45, 7) is 6.12. The zero-order chi connectivity index (χ0) is 21.5. The zero-order valence-corrected chi connectivity index (χ0v) is 19.7. The highest BCUT2D eigenvalue weighted by Crippen LogP contribution is 2.34. The summed E-state index contributed by atoms with van der Waals surface area (Å²) in [5.74, 6) is 2.63. The number of aromatic nitrogens is 5. The van der Waals surface area contributed by atoms with Crippen LogP contribution in [0.25, 0.3) is 15.9 Å². The monoisotopic (exact) mass is 471 g/mol. The smallest absolute Gasteiger partial charge is 0.232 e. The average Bonchev–Trinajstić information content (AvgIpc) is 3.46. The molecule has 0 saturated carbocycles. The van der Waals surface area contributed by atoms with Crippen molar-refractivity contribution in [2.45, 2.75) is 37.6 Å². The first kappa shape index (κ1) is 20.5. The number of halogens is 1. The summed E-state index contributed by atoms with van der Waals surface area (Å²) in [4.78, 5) is 13.7. The Labute approximate surface area is 193 Å². The lowest BCUT2D eigenvalue weighted by Crippen LogP contribution is -2.22. The molecular formula is C21H22ClN7S2. The van der Waals surface area contributed by atoms with Gasteiger partial charge in [-0.05, 0) is 50.5 Å². The Morgan fingerprint density at radius 3 is 2.74 bits per heavy atom. The predicted molar refractivity (Wildman–Crippen MR) is 129 cm³/mol. The second-order valence-electron chi connectivity index (χ2n) is 7.57. The van der Waals surface area contributed by atoms with Gasteiger partial charge in [-0.25, -0.2) is 9.97 Å². The van der Waals surface area contributed by atoms with Crippen LogP contribution >= 0.6 is 34.7 Å². The van der Waals surface area contributed by atoms with Crippen LogP contribution < -0.4 is 10.6 Å². The molecule has 31 heavy (non-hydrogen) atoms. The summed E-state index contributed by atoms with van der Waals surface area (Å²) in [6.07, 6.45) is 2.33. The third-order valence-electron chi connectivity index (χ3n) is 5.50. The van der Waals surface area contributed by atoms with Gasteiger partial charge in [0.05, 0.1) is 16.8 Å². The number of nitrogen functional groups attached to an aromatic ring is 1. The van der Waals surface area contributed by atoms with Crippen molar-refractivity contribution in [3.63, 3.8) is 0 Å². The molecule has 0 aliphatic carbocycles. The van der Waals surface area contributed by atoms with E-state index in [0.29, 0.717) is 22.4 Å². The molecule has 0 amide bonds. The van der Waals surface area contributed by atoms with Crippen LogP contribution in [0.5, 0.6) is 0 Å². The maximum absolute atomic E-state index is 6.28. The van der Waals surface area contributed by atoms with Crippen molar-refractivity contribution in [2.75, 3.05) is 23.7 Å². The molecule has 10 heteroatoms. The number of aryl methyl sites for hydroxylation is 2. The van der Waals surface area contributed by atoms with Crippen molar-refractivity contribution in [2.24, 2.45) is 0 Å². The Bertz CT molecular complexity index is 1260. The minimum absolute atomic E-state index is 0.538. The lowest BCUT2D eigenvalue weighted by Gasteiger charge is -2.18. The first-order valence-electron chi connectivity index (χ1n) is 10.1. The highest BCUT2D eigenvalue weighted by atomic mass is 35.5. The molecule has 1 saturated heterocycles. The fourth-order valence-electron chi connectivity index (χ4n) is 3.84. The fraction of sp³-hybridized carbons (Fsp3) is 0.333. The number of fused-ring (bicyclic) bond motifs is 1. The second-order valence-corrected chi connectivity index (χ2v) is 10.2. The van der Waals surface area contributed by atoms with Crippen molar-refractivity contribution in [3.05, 3.63) is 45.6 Å². The molecule has 160 valence electrons. The molecule has 0 atom stereocenters. The molecule has 5 rings (SSSR count). The number of nitrogens with two attached hydrogens (primary N) is 1. The largest absolute Gasteiger partial charge is 0.383 e. The van der Waals surface area contributed by atoms with Gasteiger partial charge in [-0.1, -0.05) is 29.4 Å². The van der Waals surface area contributed by atoms with Crippen LogP contribution in [-0.4, -0.2) is 37.8 Å². The van der Waals surface area contributed by atoms with Gasteiger partial charge < -0.3 is 10.6 Å². The summed E-state index contributed by atoms with van der Waals surface area (Å²) in [5.41, 5.74) is 8.36. The van der Waals surface area contributed by atoms with E-state index in [2.05, 4.69) is 38.5 Å². The Kier molecular flexibility index (Phi) is 5.49. The van der Waals surface area contributed by atoms with E-state index in [0.717, 1.165) is 58.5 Å². The van der Waals surface area contributed by atoms with Gasteiger partial charge in [-0.15, -0.1) is 21.5 Å². The molecule has 1 aliphatic heterocycles. The van der Waals surface area contributed by atoms with Gasteiger partial charge in [-0.2, -0.15) is 0 Å². The molecule has 4 aromatic rings. The molecule has 3 aromatic heterocycles. The Morgan fingerprint density at radius 1 is 1.16 bits per heavy atom. The average molecular weight is 472 g/mol. The molecule has 0 spiro atoms. The number of thioether (sulfide) groups is 1. The van der Waals surface area contributed by atoms with Gasteiger partial charge in [0.25, 0.3) is 0 Å². The van der Waals surface area contributed by atoms with Crippen LogP contribution in [0.15, 0.2) is 29.4 Å². The molecule has 0 bridgehead atoms. The molecule has 0 unspecified atom stereocenters. The van der Waals surface area contributed by atoms with Crippen LogP contribution in [0.3, 0.4) is 0 Å². The van der Waals surface area contributed by atoms with E-state index in [1.54, 1.807) is 23.1 Å². The van der Waals surface area contributed by atoms with Crippen LogP contribution in [0.4, 0.5) is 11.8 Å². The second kappa shape index (κ2) is 8.29. The maximum atomic E-state index is 6.28. The number of rotatable bonds is 5. The molecule has 1 aromatic carbocycles. The molecule has 4 heterocycles. The Balaban J connectivity index is 1.49.